The molecule has 1 fully saturated rings. The van der Waals surface area contributed by atoms with E-state index in [0.29, 0.717) is 36.7 Å². The molecule has 1 aliphatic carbocycles. The monoisotopic (exact) mass is 430 g/mol. The molecule has 156 valence electrons. The number of anilines is 1. The Kier molecular flexibility index (Phi) is 6.58. The van der Waals surface area contributed by atoms with Gasteiger partial charge in [0.15, 0.2) is 0 Å². The molecule has 0 spiro atoms. The average molecular weight is 431 g/mol. The summed E-state index contributed by atoms with van der Waals surface area (Å²) < 4.78 is 33.4. The van der Waals surface area contributed by atoms with Crippen molar-refractivity contribution in [2.75, 3.05) is 45.2 Å². The highest BCUT2D eigenvalue weighted by molar-refractivity contribution is 7.87. The van der Waals surface area contributed by atoms with Crippen LogP contribution in [0.4, 0.5) is 9.80 Å². The van der Waals surface area contributed by atoms with Gasteiger partial charge in [-0.25, -0.2) is 14.3 Å². The van der Waals surface area contributed by atoms with Crippen molar-refractivity contribution in [2.45, 2.75) is 32.6 Å². The molecule has 2 amide bonds. The fourth-order valence-corrected chi connectivity index (χ4v) is 5.74. The second kappa shape index (κ2) is 8.76. The summed E-state index contributed by atoms with van der Waals surface area (Å²) in [4.78, 5) is 27.9. The number of nitrogens with one attached hydrogen (secondary N) is 2. The lowest BCUT2D eigenvalue weighted by molar-refractivity contribution is 0.0526. The standard InChI is InChI=1S/C17H26N4O5S2/c1-3-26-16(22)14-12-6-4-5-7-13(12)27-15(14)18-17(23)19-28(24,25)21-10-8-20(2)9-11-21/h3-11H2,1-2H3,(H2,18,19,23). The fraction of sp³-hybridized carbons (Fsp3) is 0.647. The van der Waals surface area contributed by atoms with E-state index in [2.05, 4.69) is 10.0 Å². The van der Waals surface area contributed by atoms with Crippen molar-refractivity contribution in [1.29, 1.82) is 0 Å². The summed E-state index contributed by atoms with van der Waals surface area (Å²) in [6, 6.07) is -0.872. The second-order valence-corrected chi connectivity index (χ2v) is 9.67. The SMILES string of the molecule is CCOC(=O)c1c(NC(=O)NS(=O)(=O)N2CCN(C)CC2)sc2c1CCCC2. The number of hydrogen-bond acceptors (Lipinski definition) is 7. The third kappa shape index (κ3) is 4.65. The number of ether oxygens (including phenoxy) is 1. The van der Waals surface area contributed by atoms with Gasteiger partial charge >= 0.3 is 22.2 Å². The lowest BCUT2D eigenvalue weighted by Gasteiger charge is -2.31. The van der Waals surface area contributed by atoms with Gasteiger partial charge in [-0.15, -0.1) is 11.3 Å². The molecule has 1 aliphatic heterocycles. The van der Waals surface area contributed by atoms with Gasteiger partial charge in [0, 0.05) is 31.1 Å². The summed E-state index contributed by atoms with van der Waals surface area (Å²) in [6.45, 7) is 3.80. The third-order valence-corrected chi connectivity index (χ3v) is 7.60. The van der Waals surface area contributed by atoms with Crippen molar-refractivity contribution < 1.29 is 22.7 Å². The Morgan fingerprint density at radius 3 is 2.50 bits per heavy atom. The van der Waals surface area contributed by atoms with Crippen LogP contribution in [0.25, 0.3) is 0 Å². The first-order valence-electron chi connectivity index (χ1n) is 9.41. The van der Waals surface area contributed by atoms with E-state index in [-0.39, 0.29) is 6.61 Å². The molecule has 2 N–H and O–H groups in total. The van der Waals surface area contributed by atoms with Crippen LogP contribution in [-0.4, -0.2) is 69.5 Å². The number of esters is 1. The molecule has 28 heavy (non-hydrogen) atoms. The molecule has 2 heterocycles. The molecule has 9 nitrogen and oxygen atoms in total. The first kappa shape index (κ1) is 21.0. The molecule has 2 aliphatic rings. The molecule has 1 aromatic rings. The van der Waals surface area contributed by atoms with Crippen LogP contribution in [0, 0.1) is 0 Å². The molecule has 0 bridgehead atoms. The molecule has 3 rings (SSSR count). The van der Waals surface area contributed by atoms with E-state index in [1.165, 1.54) is 15.6 Å². The second-order valence-electron chi connectivity index (χ2n) is 6.90. The number of carbonyl (C=O) groups is 2. The van der Waals surface area contributed by atoms with E-state index in [4.69, 9.17) is 4.74 Å². The minimum Gasteiger partial charge on any atom is -0.462 e. The summed E-state index contributed by atoms with van der Waals surface area (Å²) in [6.07, 6.45) is 3.59. The molecular formula is C17H26N4O5S2. The highest BCUT2D eigenvalue weighted by Crippen LogP contribution is 2.38. The zero-order valence-corrected chi connectivity index (χ0v) is 17.7. The van der Waals surface area contributed by atoms with Crippen molar-refractivity contribution >= 4 is 38.5 Å². The van der Waals surface area contributed by atoms with Gasteiger partial charge in [0.2, 0.25) is 0 Å². The summed E-state index contributed by atoms with van der Waals surface area (Å²) in [5.41, 5.74) is 1.26. The molecule has 0 atom stereocenters. The molecular weight excluding hydrogens is 404 g/mol. The molecule has 0 aromatic carbocycles. The number of likely N-dealkylation sites (N-methyl/N-ethyl adjacent to an activating group) is 1. The Labute approximate surface area is 169 Å². The lowest BCUT2D eigenvalue weighted by Crippen LogP contribution is -2.52. The smallest absolute Gasteiger partial charge is 0.341 e. The van der Waals surface area contributed by atoms with Crippen LogP contribution in [0.1, 0.15) is 40.6 Å². The Balaban J connectivity index is 1.75. The number of aryl methyl sites for hydroxylation is 1. The number of urea groups is 1. The number of piperazine rings is 1. The number of hydrogen-bond donors (Lipinski definition) is 2. The number of nitrogens with zero attached hydrogens (tertiary/aromatic N) is 2. The van der Waals surface area contributed by atoms with Crippen molar-refractivity contribution in [2.24, 2.45) is 0 Å². The van der Waals surface area contributed by atoms with Gasteiger partial charge < -0.3 is 9.64 Å². The Bertz CT molecular complexity index is 844. The number of carbonyl (C=O) groups excluding carboxylic acids is 2. The first-order chi connectivity index (χ1) is 13.3. The molecule has 0 saturated carbocycles. The predicted octanol–water partition coefficient (Wildman–Crippen LogP) is 1.42. The molecule has 0 radical (unpaired) electrons. The fourth-order valence-electron chi connectivity index (χ4n) is 3.41. The van der Waals surface area contributed by atoms with Crippen molar-refractivity contribution in [3.8, 4) is 0 Å². The Hall–Kier alpha value is -1.69. The van der Waals surface area contributed by atoms with Crippen LogP contribution in [0.15, 0.2) is 0 Å². The van der Waals surface area contributed by atoms with E-state index in [1.807, 2.05) is 11.9 Å². The number of fused-ring (bicyclic) bond motifs is 1. The van der Waals surface area contributed by atoms with Gasteiger partial charge in [0.25, 0.3) is 0 Å². The Morgan fingerprint density at radius 2 is 1.82 bits per heavy atom. The highest BCUT2D eigenvalue weighted by atomic mass is 32.2. The summed E-state index contributed by atoms with van der Waals surface area (Å²) in [7, 11) is -2.02. The van der Waals surface area contributed by atoms with Crippen LogP contribution >= 0.6 is 11.3 Å². The lowest BCUT2D eigenvalue weighted by atomic mass is 9.95. The minimum atomic E-state index is -3.94. The molecule has 0 unspecified atom stereocenters. The first-order valence-corrected chi connectivity index (χ1v) is 11.7. The molecule has 1 aromatic heterocycles. The van der Waals surface area contributed by atoms with Gasteiger partial charge in [-0.2, -0.15) is 12.7 Å². The quantitative estimate of drug-likeness (QED) is 0.684. The maximum absolute atomic E-state index is 12.5. The van der Waals surface area contributed by atoms with Crippen molar-refractivity contribution in [3.63, 3.8) is 0 Å². The van der Waals surface area contributed by atoms with E-state index < -0.39 is 22.2 Å². The zero-order chi connectivity index (χ0) is 20.3. The number of thiophene rings is 1. The van der Waals surface area contributed by atoms with Crippen LogP contribution in [0.5, 0.6) is 0 Å². The van der Waals surface area contributed by atoms with E-state index in [0.717, 1.165) is 36.1 Å². The van der Waals surface area contributed by atoms with Crippen molar-refractivity contribution in [3.05, 3.63) is 16.0 Å². The summed E-state index contributed by atoms with van der Waals surface area (Å²) in [5, 5.41) is 2.91. The molecule has 11 heteroatoms. The van der Waals surface area contributed by atoms with Crippen molar-refractivity contribution in [1.82, 2.24) is 13.9 Å². The van der Waals surface area contributed by atoms with Gasteiger partial charge in [-0.1, -0.05) is 0 Å². The van der Waals surface area contributed by atoms with Gasteiger partial charge in [0.05, 0.1) is 12.2 Å². The number of rotatable bonds is 5. The largest absolute Gasteiger partial charge is 0.462 e. The van der Waals surface area contributed by atoms with Gasteiger partial charge in [-0.3, -0.25) is 5.32 Å². The summed E-state index contributed by atoms with van der Waals surface area (Å²) >= 11 is 1.32. The van der Waals surface area contributed by atoms with E-state index >= 15 is 0 Å². The molecule has 1 saturated heterocycles. The van der Waals surface area contributed by atoms with Crippen LogP contribution in [0.2, 0.25) is 0 Å². The number of amides is 2. The zero-order valence-electron chi connectivity index (χ0n) is 16.1. The maximum atomic E-state index is 12.5. The average Bonchev–Trinajstić information content (AvgIpc) is 2.99. The maximum Gasteiger partial charge on any atom is 0.341 e. The van der Waals surface area contributed by atoms with E-state index in [9.17, 15) is 18.0 Å². The predicted molar refractivity (Wildman–Crippen MR) is 107 cm³/mol. The van der Waals surface area contributed by atoms with Crippen LogP contribution in [0.3, 0.4) is 0 Å². The van der Waals surface area contributed by atoms with Gasteiger partial charge in [-0.05, 0) is 45.2 Å². The highest BCUT2D eigenvalue weighted by Gasteiger charge is 2.30. The summed E-state index contributed by atoms with van der Waals surface area (Å²) in [5.74, 6) is -0.487. The topological polar surface area (TPSA) is 108 Å². The van der Waals surface area contributed by atoms with E-state index in [1.54, 1.807) is 6.92 Å². The van der Waals surface area contributed by atoms with Crippen LogP contribution < -0.4 is 10.0 Å². The Morgan fingerprint density at radius 1 is 1.14 bits per heavy atom. The minimum absolute atomic E-state index is 0.229. The normalized spacial score (nSPS) is 18.4. The third-order valence-electron chi connectivity index (χ3n) is 4.90. The van der Waals surface area contributed by atoms with Gasteiger partial charge in [0.1, 0.15) is 5.00 Å². The van der Waals surface area contributed by atoms with Crippen LogP contribution in [-0.2, 0) is 27.8 Å².